The Morgan fingerprint density at radius 3 is 2.39 bits per heavy atom. The zero-order valence-corrected chi connectivity index (χ0v) is 24.0. The summed E-state index contributed by atoms with van der Waals surface area (Å²) in [5, 5.41) is 14.1. The first-order valence-corrected chi connectivity index (χ1v) is 14.3. The molecular formula is C31H41N5O5. The van der Waals surface area contributed by atoms with Crippen LogP contribution < -0.4 is 5.32 Å². The third-order valence-electron chi connectivity index (χ3n) is 8.22. The molecule has 0 spiro atoms. The second kappa shape index (κ2) is 14.1. The predicted octanol–water partition coefficient (Wildman–Crippen LogP) is 5.02. The molecule has 2 fully saturated rings. The maximum absolute atomic E-state index is 13.0. The van der Waals surface area contributed by atoms with Crippen LogP contribution in [0.2, 0.25) is 0 Å². The highest BCUT2D eigenvalue weighted by atomic mass is 16.6. The van der Waals surface area contributed by atoms with E-state index < -0.39 is 11.0 Å². The standard InChI is InChI=1S/C31H41N5O5/c1-4-16-35(31(38)41-22-23-10-12-28(13-11-23)36(39)40)27-14-17-34(18-15-27)21-25-19-26(32-30(37)33(2)3)20-29(25)24-8-6-5-7-9-24/h4-13,25-27,29H,1,14-22H2,2-3H3,(H,32,37). The molecule has 2 aromatic carbocycles. The number of nitro groups is 1. The van der Waals surface area contributed by atoms with Crippen LogP contribution in [0.1, 0.15) is 42.7 Å². The number of carbonyl (C=O) groups is 2. The molecule has 1 heterocycles. The van der Waals surface area contributed by atoms with Crippen LogP contribution in [0.5, 0.6) is 0 Å². The first-order valence-electron chi connectivity index (χ1n) is 14.3. The van der Waals surface area contributed by atoms with Gasteiger partial charge >= 0.3 is 12.1 Å². The predicted molar refractivity (Wildman–Crippen MR) is 158 cm³/mol. The molecule has 1 aliphatic heterocycles. The Morgan fingerprint density at radius 1 is 1.10 bits per heavy atom. The summed E-state index contributed by atoms with van der Waals surface area (Å²) >= 11 is 0. The lowest BCUT2D eigenvalue weighted by atomic mass is 9.88. The van der Waals surface area contributed by atoms with Crippen molar-refractivity contribution in [1.29, 1.82) is 0 Å². The molecule has 1 N–H and O–H groups in total. The molecule has 1 saturated heterocycles. The summed E-state index contributed by atoms with van der Waals surface area (Å²) in [5.74, 6) is 0.811. The van der Waals surface area contributed by atoms with Crippen LogP contribution in [-0.4, -0.2) is 84.1 Å². The number of benzene rings is 2. The van der Waals surface area contributed by atoms with Crippen LogP contribution in [0.25, 0.3) is 0 Å². The SMILES string of the molecule is C=CCN(C(=O)OCc1ccc([N+](=O)[O-])cc1)C1CCN(CC2CC(NC(=O)N(C)C)CC2c2ccccc2)CC1. The highest BCUT2D eigenvalue weighted by Crippen LogP contribution is 2.40. The van der Waals surface area contributed by atoms with E-state index in [-0.39, 0.29) is 30.4 Å². The lowest BCUT2D eigenvalue weighted by Crippen LogP contribution is -2.48. The molecule has 2 aliphatic rings. The van der Waals surface area contributed by atoms with Gasteiger partial charge in [-0.15, -0.1) is 6.58 Å². The van der Waals surface area contributed by atoms with Crippen molar-refractivity contribution in [3.8, 4) is 0 Å². The molecule has 1 aliphatic carbocycles. The molecule has 0 aromatic heterocycles. The summed E-state index contributed by atoms with van der Waals surface area (Å²) in [6, 6.07) is 16.7. The molecule has 220 valence electrons. The normalized spacial score (nSPS) is 21.2. The van der Waals surface area contributed by atoms with E-state index in [2.05, 4.69) is 41.1 Å². The maximum Gasteiger partial charge on any atom is 0.410 e. The van der Waals surface area contributed by atoms with Gasteiger partial charge in [-0.3, -0.25) is 10.1 Å². The lowest BCUT2D eigenvalue weighted by Gasteiger charge is -2.39. The van der Waals surface area contributed by atoms with E-state index in [0.717, 1.165) is 45.3 Å². The molecule has 10 heteroatoms. The Hall–Kier alpha value is -3.92. The fourth-order valence-corrected chi connectivity index (χ4v) is 6.06. The van der Waals surface area contributed by atoms with Crippen molar-refractivity contribution in [1.82, 2.24) is 20.0 Å². The number of hydrogen-bond acceptors (Lipinski definition) is 6. The van der Waals surface area contributed by atoms with Gasteiger partial charge in [-0.05, 0) is 60.8 Å². The van der Waals surface area contributed by atoms with Crippen molar-refractivity contribution in [2.24, 2.45) is 5.92 Å². The smallest absolute Gasteiger partial charge is 0.410 e. The van der Waals surface area contributed by atoms with Gasteiger partial charge in [-0.1, -0.05) is 36.4 Å². The average Bonchev–Trinajstić information content (AvgIpc) is 3.37. The summed E-state index contributed by atoms with van der Waals surface area (Å²) in [6.45, 7) is 6.98. The summed E-state index contributed by atoms with van der Waals surface area (Å²) in [6.07, 6.45) is 4.86. The van der Waals surface area contributed by atoms with Crippen molar-refractivity contribution >= 4 is 17.8 Å². The van der Waals surface area contributed by atoms with Gasteiger partial charge in [0, 0.05) is 64.5 Å². The van der Waals surface area contributed by atoms with Crippen LogP contribution >= 0.6 is 0 Å². The number of carbonyl (C=O) groups excluding carboxylic acids is 2. The van der Waals surface area contributed by atoms with Gasteiger partial charge in [0.15, 0.2) is 0 Å². The number of nitro benzene ring substituents is 1. The average molecular weight is 564 g/mol. The Bertz CT molecular complexity index is 1180. The van der Waals surface area contributed by atoms with E-state index in [0.29, 0.717) is 23.9 Å². The second-order valence-corrected chi connectivity index (χ2v) is 11.2. The number of rotatable bonds is 10. The van der Waals surface area contributed by atoms with Gasteiger partial charge in [0.05, 0.1) is 4.92 Å². The topological polar surface area (TPSA) is 108 Å². The fourth-order valence-electron chi connectivity index (χ4n) is 6.06. The monoisotopic (exact) mass is 563 g/mol. The highest BCUT2D eigenvalue weighted by molar-refractivity contribution is 5.73. The molecule has 4 rings (SSSR count). The van der Waals surface area contributed by atoms with Crippen LogP contribution in [0.4, 0.5) is 15.3 Å². The van der Waals surface area contributed by atoms with Crippen LogP contribution in [-0.2, 0) is 11.3 Å². The van der Waals surface area contributed by atoms with Crippen LogP contribution in [0.15, 0.2) is 67.3 Å². The summed E-state index contributed by atoms with van der Waals surface area (Å²) < 4.78 is 5.57. The van der Waals surface area contributed by atoms with Gasteiger partial charge in [-0.2, -0.15) is 0 Å². The summed E-state index contributed by atoms with van der Waals surface area (Å²) in [7, 11) is 3.53. The van der Waals surface area contributed by atoms with Crippen molar-refractivity contribution in [2.75, 3.05) is 40.3 Å². The van der Waals surface area contributed by atoms with Crippen molar-refractivity contribution < 1.29 is 19.2 Å². The van der Waals surface area contributed by atoms with Gasteiger partial charge in [0.25, 0.3) is 5.69 Å². The number of amides is 3. The summed E-state index contributed by atoms with van der Waals surface area (Å²) in [5.41, 5.74) is 2.02. The number of hydrogen-bond donors (Lipinski definition) is 1. The number of nitrogens with one attached hydrogen (secondary N) is 1. The van der Waals surface area contributed by atoms with Crippen LogP contribution in [0, 0.1) is 16.0 Å². The van der Waals surface area contributed by atoms with Gasteiger partial charge in [0.2, 0.25) is 0 Å². The zero-order chi connectivity index (χ0) is 29.4. The van der Waals surface area contributed by atoms with Gasteiger partial charge in [0.1, 0.15) is 6.61 Å². The maximum atomic E-state index is 13.0. The molecule has 10 nitrogen and oxygen atoms in total. The molecule has 1 saturated carbocycles. The number of non-ortho nitro benzene ring substituents is 1. The summed E-state index contributed by atoms with van der Waals surface area (Å²) in [4.78, 5) is 41.6. The number of nitrogens with zero attached hydrogens (tertiary/aromatic N) is 4. The van der Waals surface area contributed by atoms with E-state index in [4.69, 9.17) is 4.74 Å². The molecule has 41 heavy (non-hydrogen) atoms. The van der Waals surface area contributed by atoms with Gasteiger partial charge < -0.3 is 24.8 Å². The van der Waals surface area contributed by atoms with Crippen molar-refractivity contribution in [3.63, 3.8) is 0 Å². The van der Waals surface area contributed by atoms with E-state index in [1.165, 1.54) is 17.7 Å². The fraction of sp³-hybridized carbons (Fsp3) is 0.484. The molecule has 0 radical (unpaired) electrons. The van der Waals surface area contributed by atoms with Crippen molar-refractivity contribution in [3.05, 3.63) is 88.5 Å². The molecule has 3 unspecified atom stereocenters. The molecule has 2 aromatic rings. The Labute approximate surface area is 242 Å². The second-order valence-electron chi connectivity index (χ2n) is 11.2. The van der Waals surface area contributed by atoms with E-state index in [1.807, 2.05) is 6.07 Å². The third kappa shape index (κ3) is 8.07. The largest absolute Gasteiger partial charge is 0.445 e. The number of piperidine rings is 1. The zero-order valence-electron chi connectivity index (χ0n) is 24.0. The number of ether oxygens (including phenoxy) is 1. The van der Waals surface area contributed by atoms with E-state index in [1.54, 1.807) is 42.1 Å². The Kier molecular flexibility index (Phi) is 10.3. The number of likely N-dealkylation sites (tertiary alicyclic amines) is 1. The third-order valence-corrected chi connectivity index (χ3v) is 8.22. The van der Waals surface area contributed by atoms with E-state index in [9.17, 15) is 19.7 Å². The quantitative estimate of drug-likeness (QED) is 0.247. The first kappa shape index (κ1) is 30.0. The molecule has 3 amide bonds. The molecule has 0 bridgehead atoms. The Morgan fingerprint density at radius 2 is 1.78 bits per heavy atom. The number of urea groups is 1. The minimum absolute atomic E-state index is 0.00153. The molecule has 3 atom stereocenters. The van der Waals surface area contributed by atoms with Gasteiger partial charge in [-0.25, -0.2) is 9.59 Å². The minimum atomic E-state index is -0.455. The van der Waals surface area contributed by atoms with Crippen molar-refractivity contribution in [2.45, 2.75) is 50.3 Å². The first-order chi connectivity index (χ1) is 19.7. The minimum Gasteiger partial charge on any atom is -0.445 e. The lowest BCUT2D eigenvalue weighted by molar-refractivity contribution is -0.384. The highest BCUT2D eigenvalue weighted by Gasteiger charge is 2.38. The van der Waals surface area contributed by atoms with E-state index >= 15 is 0 Å². The Balaban J connectivity index is 1.32. The van der Waals surface area contributed by atoms with Crippen LogP contribution in [0.3, 0.4) is 0 Å². The molecular weight excluding hydrogens is 522 g/mol.